The van der Waals surface area contributed by atoms with E-state index >= 15 is 0 Å². The molecule has 0 aromatic carbocycles. The van der Waals surface area contributed by atoms with Gasteiger partial charge in [0, 0.05) is 7.11 Å². The standard InChI is InChI=1S/C7H12O5/c1-10-7-5(9)3-11-6(7)4(8)2-12-7/h4-6,8-9H,2-3H2,1H3/t4-,5+,6-,7-/m1/s1. The summed E-state index contributed by atoms with van der Waals surface area (Å²) in [6, 6.07) is 0. The second-order valence-corrected chi connectivity index (χ2v) is 3.07. The van der Waals surface area contributed by atoms with Gasteiger partial charge in [0.2, 0.25) is 5.79 Å². The van der Waals surface area contributed by atoms with Gasteiger partial charge in [-0.3, -0.25) is 0 Å². The number of hydrogen-bond acceptors (Lipinski definition) is 5. The first-order valence-corrected chi connectivity index (χ1v) is 3.87. The molecule has 2 N–H and O–H groups in total. The van der Waals surface area contributed by atoms with Gasteiger partial charge < -0.3 is 24.4 Å². The highest BCUT2D eigenvalue weighted by atomic mass is 16.8. The maximum Gasteiger partial charge on any atom is 0.226 e. The van der Waals surface area contributed by atoms with Crippen molar-refractivity contribution in [2.75, 3.05) is 20.3 Å². The summed E-state index contributed by atoms with van der Waals surface area (Å²) < 4.78 is 15.4. The molecule has 2 fully saturated rings. The second kappa shape index (κ2) is 2.65. The van der Waals surface area contributed by atoms with Gasteiger partial charge >= 0.3 is 0 Å². The van der Waals surface area contributed by atoms with Crippen molar-refractivity contribution in [3.05, 3.63) is 0 Å². The van der Waals surface area contributed by atoms with E-state index < -0.39 is 24.1 Å². The lowest BCUT2D eigenvalue weighted by Crippen LogP contribution is -2.48. The van der Waals surface area contributed by atoms with E-state index in [0.29, 0.717) is 0 Å². The van der Waals surface area contributed by atoms with E-state index in [0.717, 1.165) is 0 Å². The van der Waals surface area contributed by atoms with Crippen LogP contribution in [0.4, 0.5) is 0 Å². The van der Waals surface area contributed by atoms with Gasteiger partial charge in [-0.25, -0.2) is 0 Å². The molecule has 5 heteroatoms. The number of ether oxygens (including phenoxy) is 3. The Labute approximate surface area is 69.8 Å². The van der Waals surface area contributed by atoms with Crippen LogP contribution < -0.4 is 0 Å². The van der Waals surface area contributed by atoms with Gasteiger partial charge in [0.15, 0.2) is 0 Å². The number of methoxy groups -OCH3 is 1. The van der Waals surface area contributed by atoms with Crippen molar-refractivity contribution in [2.24, 2.45) is 0 Å². The molecule has 2 aliphatic heterocycles. The molecule has 4 atom stereocenters. The van der Waals surface area contributed by atoms with Crippen LogP contribution in [0.1, 0.15) is 0 Å². The van der Waals surface area contributed by atoms with Gasteiger partial charge in [-0.05, 0) is 0 Å². The Balaban J connectivity index is 2.25. The highest BCUT2D eigenvalue weighted by molar-refractivity contribution is 5.01. The van der Waals surface area contributed by atoms with Crippen LogP contribution in [0.25, 0.3) is 0 Å². The van der Waals surface area contributed by atoms with E-state index in [4.69, 9.17) is 14.2 Å². The van der Waals surface area contributed by atoms with Gasteiger partial charge in [-0.1, -0.05) is 0 Å². The van der Waals surface area contributed by atoms with Crippen LogP contribution in [-0.4, -0.2) is 54.6 Å². The highest BCUT2D eigenvalue weighted by Gasteiger charge is 2.60. The van der Waals surface area contributed by atoms with E-state index in [9.17, 15) is 10.2 Å². The molecule has 12 heavy (non-hydrogen) atoms. The summed E-state index contributed by atoms with van der Waals surface area (Å²) in [5, 5.41) is 18.9. The van der Waals surface area contributed by atoms with E-state index in [1.54, 1.807) is 0 Å². The largest absolute Gasteiger partial charge is 0.388 e. The molecule has 0 amide bonds. The fourth-order valence-electron chi connectivity index (χ4n) is 1.79. The quantitative estimate of drug-likeness (QED) is 0.508. The molecule has 0 bridgehead atoms. The Hall–Kier alpha value is -0.200. The first-order chi connectivity index (χ1) is 5.70. The third-order valence-corrected chi connectivity index (χ3v) is 2.44. The summed E-state index contributed by atoms with van der Waals surface area (Å²) in [5.74, 6) is -1.14. The van der Waals surface area contributed by atoms with Crippen molar-refractivity contribution in [3.8, 4) is 0 Å². The molecular weight excluding hydrogens is 164 g/mol. The van der Waals surface area contributed by atoms with Crippen LogP contribution in [-0.2, 0) is 14.2 Å². The fraction of sp³-hybridized carbons (Fsp3) is 1.00. The van der Waals surface area contributed by atoms with Crippen LogP contribution in [0, 0.1) is 0 Å². The topological polar surface area (TPSA) is 68.2 Å². The van der Waals surface area contributed by atoms with Crippen LogP contribution >= 0.6 is 0 Å². The van der Waals surface area contributed by atoms with Crippen LogP contribution in [0.15, 0.2) is 0 Å². The molecular formula is C7H12O5. The Morgan fingerprint density at radius 2 is 2.17 bits per heavy atom. The summed E-state index contributed by atoms with van der Waals surface area (Å²) in [7, 11) is 1.43. The van der Waals surface area contributed by atoms with Crippen molar-refractivity contribution in [2.45, 2.75) is 24.1 Å². The number of fused-ring (bicyclic) bond motifs is 1. The predicted octanol–water partition coefficient (Wildman–Crippen LogP) is -1.52. The third kappa shape index (κ3) is 0.855. The van der Waals surface area contributed by atoms with E-state index in [2.05, 4.69) is 0 Å². The number of aliphatic hydroxyl groups is 2. The minimum absolute atomic E-state index is 0.148. The summed E-state index contributed by atoms with van der Waals surface area (Å²) in [5.41, 5.74) is 0. The lowest BCUT2D eigenvalue weighted by atomic mass is 10.1. The first kappa shape index (κ1) is 8.40. The van der Waals surface area contributed by atoms with Gasteiger partial charge in [0.05, 0.1) is 13.2 Å². The minimum Gasteiger partial charge on any atom is -0.388 e. The monoisotopic (exact) mass is 176 g/mol. The molecule has 2 heterocycles. The number of aliphatic hydroxyl groups excluding tert-OH is 2. The molecule has 0 saturated carbocycles. The van der Waals surface area contributed by atoms with Crippen molar-refractivity contribution < 1.29 is 24.4 Å². The van der Waals surface area contributed by atoms with Crippen molar-refractivity contribution in [3.63, 3.8) is 0 Å². The maximum atomic E-state index is 9.48. The van der Waals surface area contributed by atoms with Crippen molar-refractivity contribution in [1.82, 2.24) is 0 Å². The molecule has 2 rings (SSSR count). The molecule has 0 aromatic rings. The summed E-state index contributed by atoms with van der Waals surface area (Å²) in [4.78, 5) is 0. The molecule has 0 radical (unpaired) electrons. The predicted molar refractivity (Wildman–Crippen MR) is 37.4 cm³/mol. The summed E-state index contributed by atoms with van der Waals surface area (Å²) in [6.07, 6.45) is -2.08. The highest BCUT2D eigenvalue weighted by Crippen LogP contribution is 2.37. The smallest absolute Gasteiger partial charge is 0.226 e. The normalized spacial score (nSPS) is 52.8. The average molecular weight is 176 g/mol. The summed E-state index contributed by atoms with van der Waals surface area (Å²) >= 11 is 0. The van der Waals surface area contributed by atoms with Gasteiger partial charge in [-0.2, -0.15) is 0 Å². The first-order valence-electron chi connectivity index (χ1n) is 3.87. The lowest BCUT2D eigenvalue weighted by molar-refractivity contribution is -0.242. The van der Waals surface area contributed by atoms with Crippen LogP contribution in [0.2, 0.25) is 0 Å². The van der Waals surface area contributed by atoms with Crippen LogP contribution in [0.5, 0.6) is 0 Å². The number of hydrogen-bond donors (Lipinski definition) is 2. The van der Waals surface area contributed by atoms with Crippen molar-refractivity contribution >= 4 is 0 Å². The van der Waals surface area contributed by atoms with E-state index in [1.165, 1.54) is 7.11 Å². The SMILES string of the molecule is CO[C@]12OC[C@@H](O)[C@H]1OC[C@@H]2O. The molecule has 2 aliphatic rings. The molecule has 2 saturated heterocycles. The maximum absolute atomic E-state index is 9.48. The molecule has 0 aliphatic carbocycles. The zero-order chi connectivity index (χ0) is 8.77. The minimum atomic E-state index is -1.14. The van der Waals surface area contributed by atoms with E-state index in [1.807, 2.05) is 0 Å². The van der Waals surface area contributed by atoms with E-state index in [-0.39, 0.29) is 13.2 Å². The van der Waals surface area contributed by atoms with Gasteiger partial charge in [-0.15, -0.1) is 0 Å². The second-order valence-electron chi connectivity index (χ2n) is 3.07. The Morgan fingerprint density at radius 1 is 1.42 bits per heavy atom. The van der Waals surface area contributed by atoms with Gasteiger partial charge in [0.1, 0.15) is 18.3 Å². The van der Waals surface area contributed by atoms with Crippen LogP contribution in [0.3, 0.4) is 0 Å². The Bertz CT molecular complexity index is 185. The Kier molecular flexibility index (Phi) is 1.85. The zero-order valence-electron chi connectivity index (χ0n) is 6.77. The molecule has 0 aromatic heterocycles. The summed E-state index contributed by atoms with van der Waals surface area (Å²) in [6.45, 7) is 0.297. The molecule has 0 unspecified atom stereocenters. The number of rotatable bonds is 1. The third-order valence-electron chi connectivity index (χ3n) is 2.44. The van der Waals surface area contributed by atoms with Gasteiger partial charge in [0.25, 0.3) is 0 Å². The Morgan fingerprint density at radius 3 is 2.75 bits per heavy atom. The lowest BCUT2D eigenvalue weighted by Gasteiger charge is -2.27. The zero-order valence-corrected chi connectivity index (χ0v) is 6.77. The van der Waals surface area contributed by atoms with Crippen molar-refractivity contribution in [1.29, 1.82) is 0 Å². The molecule has 0 spiro atoms. The average Bonchev–Trinajstić information content (AvgIpc) is 2.55. The fourth-order valence-corrected chi connectivity index (χ4v) is 1.79. The molecule has 5 nitrogen and oxygen atoms in total. The molecule has 70 valence electrons.